The summed E-state index contributed by atoms with van der Waals surface area (Å²) in [6.07, 6.45) is 0.978. The van der Waals surface area contributed by atoms with E-state index in [2.05, 4.69) is 0 Å². The molecule has 0 radical (unpaired) electrons. The summed E-state index contributed by atoms with van der Waals surface area (Å²) in [6, 6.07) is 0. The molecule has 0 rings (SSSR count). The van der Waals surface area contributed by atoms with Crippen LogP contribution < -0.4 is 0 Å². The minimum Gasteiger partial charge on any atom is -0.224 e. The molecule has 4 heteroatoms. The Morgan fingerprint density at radius 3 is 1.67 bits per heavy atom. The van der Waals surface area contributed by atoms with Gasteiger partial charge in [-0.15, -0.1) is 0 Å². The molecule has 0 bridgehead atoms. The van der Waals surface area contributed by atoms with Crippen molar-refractivity contribution in [2.45, 2.75) is 13.8 Å². The quantitative estimate of drug-likeness (QED) is 0.566. The lowest BCUT2D eigenvalue weighted by Crippen LogP contribution is -1.97. The third-order valence-electron chi connectivity index (χ3n) is 1.04. The highest BCUT2D eigenvalue weighted by Gasteiger charge is 2.07. The highest BCUT2D eigenvalue weighted by molar-refractivity contribution is 7.94. The lowest BCUT2D eigenvalue weighted by Gasteiger charge is -1.94. The summed E-state index contributed by atoms with van der Waals surface area (Å²) < 4.78 is 33.0. The number of hydrogen-bond donors (Lipinski definition) is 0. The molecule has 2 nitrogen and oxygen atoms in total. The number of allylic oxidation sites excluding steroid dienone is 2. The van der Waals surface area contributed by atoms with Crippen molar-refractivity contribution in [3.05, 3.63) is 10.7 Å². The van der Waals surface area contributed by atoms with E-state index in [1.807, 2.05) is 0 Å². The zero-order valence-corrected chi connectivity index (χ0v) is 6.42. The highest BCUT2D eigenvalue weighted by Crippen LogP contribution is 2.09. The molecule has 0 aliphatic rings. The Morgan fingerprint density at radius 1 is 1.33 bits per heavy atom. The Hall–Kier alpha value is -0.380. The van der Waals surface area contributed by atoms with Gasteiger partial charge in [0.15, 0.2) is 9.84 Å². The maximum Gasteiger partial charge on any atom is 0.173 e. The zero-order valence-electron chi connectivity index (χ0n) is 5.60. The molecular weight excluding hydrogens is 143 g/mol. The van der Waals surface area contributed by atoms with Crippen LogP contribution in [0.5, 0.6) is 0 Å². The average Bonchev–Trinajstić information content (AvgIpc) is 1.62. The number of sulfone groups is 1. The molecule has 0 amide bonds. The minimum atomic E-state index is -3.30. The molecule has 0 aliphatic carbocycles. The molecule has 0 spiro atoms. The van der Waals surface area contributed by atoms with Crippen molar-refractivity contribution in [3.8, 4) is 0 Å². The van der Waals surface area contributed by atoms with Crippen LogP contribution in [0.4, 0.5) is 4.39 Å². The first-order chi connectivity index (χ1) is 3.85. The first kappa shape index (κ1) is 8.62. The summed E-state index contributed by atoms with van der Waals surface area (Å²) in [5.74, 6) is -0.641. The van der Waals surface area contributed by atoms with Gasteiger partial charge in [0.1, 0.15) is 5.83 Å². The normalized spacial score (nSPS) is 15.1. The Morgan fingerprint density at radius 2 is 1.67 bits per heavy atom. The zero-order chi connectivity index (χ0) is 7.65. The molecule has 0 saturated carbocycles. The van der Waals surface area contributed by atoms with Crippen LogP contribution in [0.2, 0.25) is 0 Å². The number of rotatable bonds is 1. The molecule has 9 heavy (non-hydrogen) atoms. The fourth-order valence-corrected chi connectivity index (χ4v) is 0.766. The van der Waals surface area contributed by atoms with Crippen LogP contribution in [0.1, 0.15) is 13.8 Å². The van der Waals surface area contributed by atoms with Gasteiger partial charge in [-0.05, 0) is 13.8 Å². The van der Waals surface area contributed by atoms with Crippen LogP contribution in [0, 0.1) is 0 Å². The van der Waals surface area contributed by atoms with Gasteiger partial charge in [-0.3, -0.25) is 0 Å². The Kier molecular flexibility index (Phi) is 2.37. The van der Waals surface area contributed by atoms with Crippen LogP contribution >= 0.6 is 0 Å². The van der Waals surface area contributed by atoms with E-state index in [0.717, 1.165) is 13.2 Å². The van der Waals surface area contributed by atoms with Crippen LogP contribution in [0.3, 0.4) is 0 Å². The van der Waals surface area contributed by atoms with Gasteiger partial charge in [0, 0.05) is 6.26 Å². The summed E-state index contributed by atoms with van der Waals surface area (Å²) in [5, 5.41) is 0. The van der Waals surface area contributed by atoms with E-state index in [9.17, 15) is 12.8 Å². The molecule has 54 valence electrons. The van der Waals surface area contributed by atoms with Crippen LogP contribution in [0.15, 0.2) is 10.7 Å². The molecular formula is C5H9FO2S. The summed E-state index contributed by atoms with van der Waals surface area (Å²) in [6.45, 7) is 2.36. The van der Waals surface area contributed by atoms with Gasteiger partial charge in [-0.25, -0.2) is 12.8 Å². The van der Waals surface area contributed by atoms with Gasteiger partial charge < -0.3 is 0 Å². The summed E-state index contributed by atoms with van der Waals surface area (Å²) in [5.41, 5.74) is 0. The smallest absolute Gasteiger partial charge is 0.173 e. The fraction of sp³-hybridized carbons (Fsp3) is 0.600. The van der Waals surface area contributed by atoms with Gasteiger partial charge in [0.05, 0.1) is 4.91 Å². The molecule has 0 aromatic carbocycles. The summed E-state index contributed by atoms with van der Waals surface area (Å²) in [4.78, 5) is -0.192. The highest BCUT2D eigenvalue weighted by atomic mass is 32.2. The minimum absolute atomic E-state index is 0.192. The van der Waals surface area contributed by atoms with Crippen molar-refractivity contribution in [3.63, 3.8) is 0 Å². The molecule has 0 heterocycles. The van der Waals surface area contributed by atoms with E-state index in [4.69, 9.17) is 0 Å². The van der Waals surface area contributed by atoms with E-state index in [1.54, 1.807) is 0 Å². The summed E-state index contributed by atoms with van der Waals surface area (Å²) in [7, 11) is -3.30. The van der Waals surface area contributed by atoms with E-state index < -0.39 is 15.7 Å². The Bertz CT molecular complexity index is 221. The lowest BCUT2D eigenvalue weighted by atomic mass is 10.5. The van der Waals surface area contributed by atoms with Crippen molar-refractivity contribution < 1.29 is 12.8 Å². The SMILES string of the molecule is CC(F)=C(C)S(C)(=O)=O. The second-order valence-corrected chi connectivity index (χ2v) is 4.02. The molecule has 0 unspecified atom stereocenters. The summed E-state index contributed by atoms with van der Waals surface area (Å²) >= 11 is 0. The Labute approximate surface area is 54.3 Å². The van der Waals surface area contributed by atoms with E-state index in [-0.39, 0.29) is 4.91 Å². The first-order valence-corrected chi connectivity index (χ1v) is 4.28. The first-order valence-electron chi connectivity index (χ1n) is 2.38. The standard InChI is InChI=1S/C5H9FO2S/c1-4(6)5(2)9(3,7)8/h1-3H3. The number of halogens is 1. The molecule has 0 atom stereocenters. The predicted octanol–water partition coefficient (Wildman–Crippen LogP) is 1.25. The molecule has 0 aliphatic heterocycles. The topological polar surface area (TPSA) is 34.1 Å². The lowest BCUT2D eigenvalue weighted by molar-refractivity contribution is 0.598. The van der Waals surface area contributed by atoms with E-state index >= 15 is 0 Å². The Balaban J connectivity index is 4.86. The molecule has 0 aromatic heterocycles. The van der Waals surface area contributed by atoms with Crippen molar-refractivity contribution in [2.24, 2.45) is 0 Å². The van der Waals surface area contributed by atoms with Crippen molar-refractivity contribution in [1.82, 2.24) is 0 Å². The third kappa shape index (κ3) is 2.60. The van der Waals surface area contributed by atoms with Gasteiger partial charge in [-0.2, -0.15) is 0 Å². The molecule has 0 aromatic rings. The van der Waals surface area contributed by atoms with Gasteiger partial charge in [0.2, 0.25) is 0 Å². The van der Waals surface area contributed by atoms with Gasteiger partial charge in [0.25, 0.3) is 0 Å². The maximum absolute atomic E-state index is 12.1. The van der Waals surface area contributed by atoms with Gasteiger partial charge >= 0.3 is 0 Å². The molecule has 0 fully saturated rings. The third-order valence-corrected chi connectivity index (χ3v) is 2.43. The van der Waals surface area contributed by atoms with Crippen molar-refractivity contribution in [1.29, 1.82) is 0 Å². The predicted molar refractivity (Wildman–Crippen MR) is 34.3 cm³/mol. The van der Waals surface area contributed by atoms with Crippen molar-refractivity contribution in [2.75, 3.05) is 6.26 Å². The average molecular weight is 152 g/mol. The monoisotopic (exact) mass is 152 g/mol. The second kappa shape index (κ2) is 2.47. The largest absolute Gasteiger partial charge is 0.224 e. The van der Waals surface area contributed by atoms with Crippen LogP contribution in [-0.2, 0) is 9.84 Å². The maximum atomic E-state index is 12.1. The van der Waals surface area contributed by atoms with Crippen molar-refractivity contribution >= 4 is 9.84 Å². The number of hydrogen-bond acceptors (Lipinski definition) is 2. The molecule has 0 saturated heterocycles. The van der Waals surface area contributed by atoms with Gasteiger partial charge in [-0.1, -0.05) is 0 Å². The van der Waals surface area contributed by atoms with E-state index in [1.165, 1.54) is 6.92 Å². The second-order valence-electron chi connectivity index (χ2n) is 1.86. The fourth-order valence-electron chi connectivity index (χ4n) is 0.255. The van der Waals surface area contributed by atoms with Crippen LogP contribution in [-0.4, -0.2) is 14.7 Å². The van der Waals surface area contributed by atoms with E-state index in [0.29, 0.717) is 0 Å². The van der Waals surface area contributed by atoms with Crippen LogP contribution in [0.25, 0.3) is 0 Å². The molecule has 0 N–H and O–H groups in total.